The molecule has 4 unspecified atom stereocenters. The highest BCUT2D eigenvalue weighted by Gasteiger charge is 2.30. The maximum absolute atomic E-state index is 12.0. The molecule has 0 bridgehead atoms. The van der Waals surface area contributed by atoms with E-state index < -0.39 is 0 Å². The summed E-state index contributed by atoms with van der Waals surface area (Å²) in [5.41, 5.74) is 0. The number of amides is 1. The van der Waals surface area contributed by atoms with Gasteiger partial charge in [-0.1, -0.05) is 26.7 Å². The minimum absolute atomic E-state index is 0. The average molecular weight is 279 g/mol. The molecule has 2 fully saturated rings. The zero-order valence-electron chi connectivity index (χ0n) is 10.6. The third-order valence-electron chi connectivity index (χ3n) is 4.07. The molecule has 1 aliphatic carbocycles. The van der Waals surface area contributed by atoms with Gasteiger partial charge in [-0.15, -0.1) is 24.2 Å². The Hall–Kier alpha value is 0.0700. The molecule has 2 aliphatic rings. The summed E-state index contributed by atoms with van der Waals surface area (Å²) in [6.45, 7) is 4.57. The molecule has 5 heteroatoms. The number of nitrogens with one attached hydrogen (secondary N) is 2. The Kier molecular flexibility index (Phi) is 6.10. The summed E-state index contributed by atoms with van der Waals surface area (Å²) in [4.78, 5) is 12.0. The number of rotatable bonds is 2. The second-order valence-corrected chi connectivity index (χ2v) is 6.18. The molecule has 17 heavy (non-hydrogen) atoms. The van der Waals surface area contributed by atoms with Crippen LogP contribution in [-0.4, -0.2) is 29.6 Å². The van der Waals surface area contributed by atoms with Crippen molar-refractivity contribution in [2.75, 3.05) is 11.6 Å². The van der Waals surface area contributed by atoms with Gasteiger partial charge in [-0.3, -0.25) is 10.1 Å². The van der Waals surface area contributed by atoms with Crippen LogP contribution >= 0.6 is 24.2 Å². The molecule has 4 atom stereocenters. The topological polar surface area (TPSA) is 41.1 Å². The first kappa shape index (κ1) is 15.1. The van der Waals surface area contributed by atoms with Crippen LogP contribution in [0.4, 0.5) is 0 Å². The summed E-state index contributed by atoms with van der Waals surface area (Å²) >= 11 is 1.80. The quantitative estimate of drug-likeness (QED) is 0.812. The summed E-state index contributed by atoms with van der Waals surface area (Å²) in [7, 11) is 0. The molecule has 1 aliphatic heterocycles. The Balaban J connectivity index is 0.00000144. The smallest absolute Gasteiger partial charge is 0.238 e. The summed E-state index contributed by atoms with van der Waals surface area (Å²) in [6.07, 6.45) is 3.71. The van der Waals surface area contributed by atoms with Crippen LogP contribution < -0.4 is 10.6 Å². The zero-order valence-corrected chi connectivity index (χ0v) is 12.2. The van der Waals surface area contributed by atoms with Gasteiger partial charge in [0.25, 0.3) is 0 Å². The van der Waals surface area contributed by atoms with E-state index in [1.54, 1.807) is 11.8 Å². The molecule has 1 amide bonds. The Morgan fingerprint density at radius 1 is 1.35 bits per heavy atom. The van der Waals surface area contributed by atoms with Gasteiger partial charge in [0, 0.05) is 17.7 Å². The second-order valence-electron chi connectivity index (χ2n) is 5.15. The lowest BCUT2D eigenvalue weighted by molar-refractivity contribution is -0.123. The van der Waals surface area contributed by atoms with Crippen LogP contribution in [0.25, 0.3) is 0 Å². The van der Waals surface area contributed by atoms with Crippen molar-refractivity contribution in [1.82, 2.24) is 10.6 Å². The van der Waals surface area contributed by atoms with Crippen LogP contribution in [0.1, 0.15) is 33.1 Å². The van der Waals surface area contributed by atoms with E-state index in [0.29, 0.717) is 12.0 Å². The van der Waals surface area contributed by atoms with E-state index in [9.17, 15) is 4.79 Å². The van der Waals surface area contributed by atoms with Crippen molar-refractivity contribution in [2.24, 2.45) is 11.8 Å². The van der Waals surface area contributed by atoms with Crippen LogP contribution in [0.3, 0.4) is 0 Å². The third kappa shape index (κ3) is 3.76. The predicted octanol–water partition coefficient (Wildman–Crippen LogP) is 2.01. The van der Waals surface area contributed by atoms with Crippen molar-refractivity contribution in [2.45, 2.75) is 45.2 Å². The lowest BCUT2D eigenvalue weighted by Gasteiger charge is -2.35. The average Bonchev–Trinajstić information content (AvgIpc) is 2.78. The fourth-order valence-corrected chi connectivity index (χ4v) is 3.57. The molecule has 0 spiro atoms. The normalized spacial score (nSPS) is 37.3. The van der Waals surface area contributed by atoms with Gasteiger partial charge in [0.2, 0.25) is 5.91 Å². The van der Waals surface area contributed by atoms with E-state index >= 15 is 0 Å². The lowest BCUT2D eigenvalue weighted by Crippen LogP contribution is -2.50. The van der Waals surface area contributed by atoms with Crippen LogP contribution in [0.2, 0.25) is 0 Å². The van der Waals surface area contributed by atoms with Crippen molar-refractivity contribution in [3.8, 4) is 0 Å². The maximum Gasteiger partial charge on any atom is 0.238 e. The first-order valence-electron chi connectivity index (χ1n) is 6.30. The number of hydrogen-bond donors (Lipinski definition) is 2. The minimum atomic E-state index is 0. The maximum atomic E-state index is 12.0. The molecule has 100 valence electrons. The molecule has 1 heterocycles. The highest BCUT2D eigenvalue weighted by molar-refractivity contribution is 7.99. The zero-order chi connectivity index (χ0) is 11.5. The van der Waals surface area contributed by atoms with Crippen LogP contribution in [0.15, 0.2) is 0 Å². The summed E-state index contributed by atoms with van der Waals surface area (Å²) in [6, 6.07) is 0.429. The van der Waals surface area contributed by atoms with Crippen molar-refractivity contribution >= 4 is 30.1 Å². The largest absolute Gasteiger partial charge is 0.352 e. The minimum Gasteiger partial charge on any atom is -0.352 e. The van der Waals surface area contributed by atoms with Gasteiger partial charge in [-0.2, -0.15) is 0 Å². The first-order chi connectivity index (χ1) is 7.68. The number of hydrogen-bond acceptors (Lipinski definition) is 3. The fraction of sp³-hybridized carbons (Fsp3) is 0.917. The van der Waals surface area contributed by atoms with E-state index in [1.807, 2.05) is 0 Å². The van der Waals surface area contributed by atoms with Crippen LogP contribution in [0, 0.1) is 11.8 Å². The molecule has 3 nitrogen and oxygen atoms in total. The van der Waals surface area contributed by atoms with Gasteiger partial charge in [0.1, 0.15) is 0 Å². The van der Waals surface area contributed by atoms with Crippen molar-refractivity contribution in [3.63, 3.8) is 0 Å². The van der Waals surface area contributed by atoms with E-state index in [1.165, 1.54) is 12.8 Å². The summed E-state index contributed by atoms with van der Waals surface area (Å²) in [5, 5.41) is 6.45. The van der Waals surface area contributed by atoms with Gasteiger partial charge in [0.05, 0.1) is 6.04 Å². The van der Waals surface area contributed by atoms with Gasteiger partial charge >= 0.3 is 0 Å². The van der Waals surface area contributed by atoms with Crippen molar-refractivity contribution in [3.05, 3.63) is 0 Å². The molecule has 2 N–H and O–H groups in total. The van der Waals surface area contributed by atoms with Crippen molar-refractivity contribution < 1.29 is 4.79 Å². The number of halogens is 1. The fourth-order valence-electron chi connectivity index (χ4n) is 2.63. The number of thioether (sulfide) groups is 1. The molecule has 1 saturated carbocycles. The number of carbonyl (C=O) groups is 1. The van der Waals surface area contributed by atoms with Crippen LogP contribution in [-0.2, 0) is 4.79 Å². The molecule has 0 radical (unpaired) electrons. The summed E-state index contributed by atoms with van der Waals surface area (Å²) in [5.74, 6) is 3.39. The summed E-state index contributed by atoms with van der Waals surface area (Å²) < 4.78 is 0. The third-order valence-corrected chi connectivity index (χ3v) is 5.01. The molecular weight excluding hydrogens is 256 g/mol. The molecule has 0 aromatic rings. The van der Waals surface area contributed by atoms with E-state index in [4.69, 9.17) is 0 Å². The molecule has 0 aromatic heterocycles. The molecule has 2 rings (SSSR count). The monoisotopic (exact) mass is 278 g/mol. The van der Waals surface area contributed by atoms with Gasteiger partial charge in [0.15, 0.2) is 0 Å². The molecular formula is C12H23ClN2OS. The van der Waals surface area contributed by atoms with E-state index in [0.717, 1.165) is 24.0 Å². The van der Waals surface area contributed by atoms with Crippen LogP contribution in [0.5, 0.6) is 0 Å². The standard InChI is InChI=1S/C12H22N2OS.ClH/c1-8-4-3-5-10(9(8)2)14-12(15)11-6-16-7-13-11;/h8-11,13H,3-7H2,1-2H3,(H,14,15);1H. The Morgan fingerprint density at radius 3 is 2.76 bits per heavy atom. The van der Waals surface area contributed by atoms with Gasteiger partial charge in [-0.25, -0.2) is 0 Å². The second kappa shape index (κ2) is 6.86. The van der Waals surface area contributed by atoms with E-state index in [2.05, 4.69) is 24.5 Å². The molecule has 1 saturated heterocycles. The van der Waals surface area contributed by atoms with E-state index in [-0.39, 0.29) is 24.4 Å². The Morgan fingerprint density at radius 2 is 2.12 bits per heavy atom. The first-order valence-corrected chi connectivity index (χ1v) is 7.45. The highest BCUT2D eigenvalue weighted by Crippen LogP contribution is 2.29. The Bertz CT molecular complexity index is 259. The Labute approximate surface area is 114 Å². The lowest BCUT2D eigenvalue weighted by atomic mass is 9.78. The molecule has 0 aromatic carbocycles. The van der Waals surface area contributed by atoms with Gasteiger partial charge < -0.3 is 5.32 Å². The SMILES string of the molecule is CC1CCCC(NC(=O)C2CSCN2)C1C.Cl. The van der Waals surface area contributed by atoms with Crippen molar-refractivity contribution in [1.29, 1.82) is 0 Å². The highest BCUT2D eigenvalue weighted by atomic mass is 35.5. The number of carbonyl (C=O) groups excluding carboxylic acids is 1. The predicted molar refractivity (Wildman–Crippen MR) is 75.6 cm³/mol. The van der Waals surface area contributed by atoms with Gasteiger partial charge in [-0.05, 0) is 18.3 Å².